The van der Waals surface area contributed by atoms with E-state index in [2.05, 4.69) is 46.1 Å². The lowest BCUT2D eigenvalue weighted by Gasteiger charge is -2.18. The summed E-state index contributed by atoms with van der Waals surface area (Å²) < 4.78 is 59.2. The number of aryl methyl sites for hydroxylation is 1. The third kappa shape index (κ3) is 12.5. The van der Waals surface area contributed by atoms with Crippen molar-refractivity contribution in [3.63, 3.8) is 0 Å². The molecule has 2 rings (SSSR count). The van der Waals surface area contributed by atoms with Gasteiger partial charge >= 0.3 is 12.1 Å². The number of carboxylic acid groups (broad SMARTS) is 1. The zero-order valence-electron chi connectivity index (χ0n) is 20.8. The first kappa shape index (κ1) is 32.5. The van der Waals surface area contributed by atoms with Gasteiger partial charge in [-0.25, -0.2) is 23.2 Å². The van der Waals surface area contributed by atoms with Gasteiger partial charge in [-0.3, -0.25) is 9.52 Å². The number of carboxylic acids is 1. The first-order valence-corrected chi connectivity index (χ1v) is 13.6. The molecule has 208 valence electrons. The Morgan fingerprint density at radius 2 is 1.81 bits per heavy atom. The molecule has 0 fully saturated rings. The fraction of sp³-hybridized carbons (Fsp3) is 0.524. The number of aliphatic carboxylic acids is 1. The number of nitrogens with one attached hydrogen (secondary N) is 3. The fourth-order valence-electron chi connectivity index (χ4n) is 2.58. The molecule has 10 nitrogen and oxygen atoms in total. The highest BCUT2D eigenvalue weighted by Gasteiger charge is 2.38. The minimum atomic E-state index is -5.08. The van der Waals surface area contributed by atoms with E-state index in [9.17, 15) is 26.4 Å². The molecule has 0 saturated heterocycles. The second-order valence-electron chi connectivity index (χ2n) is 8.99. The number of halogens is 4. The number of pyridine rings is 1. The third-order valence-corrected chi connectivity index (χ3v) is 6.89. The Morgan fingerprint density at radius 1 is 1.22 bits per heavy atom. The van der Waals surface area contributed by atoms with Gasteiger partial charge in [-0.2, -0.15) is 13.2 Å². The smallest absolute Gasteiger partial charge is 0.475 e. The summed E-state index contributed by atoms with van der Waals surface area (Å²) in [6, 6.07) is 1.63. The summed E-state index contributed by atoms with van der Waals surface area (Å²) in [6.45, 7) is 11.0. The van der Waals surface area contributed by atoms with Crippen molar-refractivity contribution in [2.45, 2.75) is 47.2 Å². The van der Waals surface area contributed by atoms with Crippen LogP contribution in [0.1, 0.15) is 39.8 Å². The van der Waals surface area contributed by atoms with E-state index in [-0.39, 0.29) is 27.9 Å². The van der Waals surface area contributed by atoms with Crippen molar-refractivity contribution in [2.24, 2.45) is 5.41 Å². The molecule has 0 saturated carbocycles. The number of sulfonamides is 1. The predicted octanol–water partition coefficient (Wildman–Crippen LogP) is 4.53. The molecule has 0 aromatic carbocycles. The highest BCUT2D eigenvalue weighted by molar-refractivity contribution is 7.92. The van der Waals surface area contributed by atoms with Gasteiger partial charge in [0.1, 0.15) is 0 Å². The van der Waals surface area contributed by atoms with Crippen molar-refractivity contribution in [1.29, 1.82) is 0 Å². The maximum absolute atomic E-state index is 12.5. The van der Waals surface area contributed by atoms with Crippen LogP contribution in [0.15, 0.2) is 12.3 Å². The third-order valence-electron chi connectivity index (χ3n) is 4.11. The van der Waals surface area contributed by atoms with Crippen LogP contribution in [0, 0.1) is 12.3 Å². The molecule has 0 aliphatic heterocycles. The van der Waals surface area contributed by atoms with Gasteiger partial charge in [0.15, 0.2) is 10.3 Å². The Bertz CT molecular complexity index is 1200. The lowest BCUT2D eigenvalue weighted by atomic mass is 9.97. The second-order valence-corrected chi connectivity index (χ2v) is 12.2. The van der Waals surface area contributed by atoms with E-state index in [1.807, 2.05) is 0 Å². The summed E-state index contributed by atoms with van der Waals surface area (Å²) in [5.74, 6) is -3.00. The normalized spacial score (nSPS) is 11.9. The van der Waals surface area contributed by atoms with E-state index in [1.165, 1.54) is 18.3 Å². The van der Waals surface area contributed by atoms with Gasteiger partial charge in [-0.1, -0.05) is 43.7 Å². The van der Waals surface area contributed by atoms with Gasteiger partial charge in [0.2, 0.25) is 15.9 Å². The van der Waals surface area contributed by atoms with E-state index in [0.717, 1.165) is 11.4 Å². The van der Waals surface area contributed by atoms with Gasteiger partial charge in [0, 0.05) is 18.7 Å². The summed E-state index contributed by atoms with van der Waals surface area (Å²) in [6.07, 6.45) is -3.06. The minimum Gasteiger partial charge on any atom is -0.475 e. The number of thiazole rings is 1. The number of anilines is 2. The summed E-state index contributed by atoms with van der Waals surface area (Å²) >= 11 is 7.40. The number of amides is 1. The molecule has 0 spiro atoms. The molecule has 2 heterocycles. The van der Waals surface area contributed by atoms with Crippen LogP contribution < -0.4 is 15.4 Å². The average Bonchev–Trinajstić information content (AvgIpc) is 3.07. The van der Waals surface area contributed by atoms with Crippen molar-refractivity contribution in [2.75, 3.05) is 28.9 Å². The zero-order valence-corrected chi connectivity index (χ0v) is 23.2. The highest BCUT2D eigenvalue weighted by atomic mass is 35.5. The minimum absolute atomic E-state index is 0.0308. The van der Waals surface area contributed by atoms with E-state index in [1.54, 1.807) is 19.2 Å². The molecule has 1 amide bonds. The number of carbonyl (C=O) groups excluding carboxylic acids is 1. The van der Waals surface area contributed by atoms with Crippen LogP contribution in [0.25, 0.3) is 10.4 Å². The van der Waals surface area contributed by atoms with Gasteiger partial charge in [-0.05, 0) is 37.9 Å². The summed E-state index contributed by atoms with van der Waals surface area (Å²) in [5, 5.41) is 13.6. The van der Waals surface area contributed by atoms with Crippen molar-refractivity contribution in [3.8, 4) is 10.4 Å². The molecule has 16 heteroatoms. The van der Waals surface area contributed by atoms with E-state index in [0.29, 0.717) is 29.4 Å². The molecule has 0 bridgehead atoms. The molecule has 0 aliphatic carbocycles. The Balaban J connectivity index is 0.000000856. The maximum Gasteiger partial charge on any atom is 0.490 e. The highest BCUT2D eigenvalue weighted by Crippen LogP contribution is 2.35. The number of aromatic nitrogens is 2. The summed E-state index contributed by atoms with van der Waals surface area (Å²) in [7, 11) is -3.58. The Morgan fingerprint density at radius 3 is 2.32 bits per heavy atom. The van der Waals surface area contributed by atoms with Crippen LogP contribution >= 0.6 is 22.9 Å². The Kier molecular flexibility index (Phi) is 11.7. The number of alkyl halides is 3. The molecule has 2 aromatic heterocycles. The number of hydrogen-bond donors (Lipinski definition) is 4. The van der Waals surface area contributed by atoms with E-state index >= 15 is 0 Å². The maximum atomic E-state index is 12.5. The van der Waals surface area contributed by atoms with Crippen LogP contribution in [0.5, 0.6) is 0 Å². The molecular weight excluding hydrogens is 559 g/mol. The molecule has 0 atom stereocenters. The summed E-state index contributed by atoms with van der Waals surface area (Å²) in [5.41, 5.74) is 1.72. The van der Waals surface area contributed by atoms with Crippen LogP contribution in [-0.4, -0.2) is 60.4 Å². The first-order valence-electron chi connectivity index (χ1n) is 10.7. The predicted molar refractivity (Wildman–Crippen MR) is 137 cm³/mol. The fourth-order valence-corrected chi connectivity index (χ4v) is 4.90. The van der Waals surface area contributed by atoms with Crippen molar-refractivity contribution < 1.29 is 36.3 Å². The molecule has 37 heavy (non-hydrogen) atoms. The lowest BCUT2D eigenvalue weighted by molar-refractivity contribution is -0.192. The van der Waals surface area contributed by atoms with E-state index in [4.69, 9.17) is 21.5 Å². The second kappa shape index (κ2) is 13.3. The standard InChI is InChI=1S/C19H28ClN5O3S2.C2HF3O2/c1-12-16(29-18(23-12)24-13(2)26)14-9-15(17(20)22-10-14)25-30(27,28)8-6-7-21-11-19(3,4)5;3-2(4,5)1(6)7/h9-10,21,25H,6-8,11H2,1-5H3,(H,23,24,26);(H,6,7). The molecule has 4 N–H and O–H groups in total. The molecule has 0 unspecified atom stereocenters. The molecule has 0 aliphatic rings. The lowest BCUT2D eigenvalue weighted by Crippen LogP contribution is -2.29. The van der Waals surface area contributed by atoms with Crippen LogP contribution in [-0.2, 0) is 19.6 Å². The Labute approximate surface area is 222 Å². The average molecular weight is 588 g/mol. The SMILES string of the molecule is CC(=O)Nc1nc(C)c(-c2cnc(Cl)c(NS(=O)(=O)CCCNCC(C)(C)C)c2)s1.O=C(O)C(F)(F)F. The number of nitrogens with zero attached hydrogens (tertiary/aromatic N) is 2. The molecule has 2 aromatic rings. The zero-order chi connectivity index (χ0) is 28.6. The van der Waals surface area contributed by atoms with Gasteiger partial charge in [0.05, 0.1) is 22.0 Å². The van der Waals surface area contributed by atoms with E-state index < -0.39 is 22.2 Å². The van der Waals surface area contributed by atoms with Crippen LogP contribution in [0.4, 0.5) is 24.0 Å². The van der Waals surface area contributed by atoms with Crippen LogP contribution in [0.3, 0.4) is 0 Å². The van der Waals surface area contributed by atoms with Crippen molar-refractivity contribution in [1.82, 2.24) is 15.3 Å². The van der Waals surface area contributed by atoms with Crippen LogP contribution in [0.2, 0.25) is 5.15 Å². The monoisotopic (exact) mass is 587 g/mol. The summed E-state index contributed by atoms with van der Waals surface area (Å²) in [4.78, 5) is 29.3. The number of hydrogen-bond acceptors (Lipinski definition) is 8. The number of rotatable bonds is 9. The van der Waals surface area contributed by atoms with Gasteiger partial charge < -0.3 is 15.7 Å². The van der Waals surface area contributed by atoms with Crippen molar-refractivity contribution in [3.05, 3.63) is 23.1 Å². The number of carbonyl (C=O) groups is 2. The topological polar surface area (TPSA) is 150 Å². The quantitative estimate of drug-likeness (QED) is 0.247. The Hall–Kier alpha value is -2.49. The molecule has 0 radical (unpaired) electrons. The van der Waals surface area contributed by atoms with Gasteiger partial charge in [0.25, 0.3) is 0 Å². The molecular formula is C21H29ClF3N5O5S2. The largest absolute Gasteiger partial charge is 0.490 e. The van der Waals surface area contributed by atoms with Gasteiger partial charge in [-0.15, -0.1) is 0 Å². The van der Waals surface area contributed by atoms with Crippen molar-refractivity contribution >= 4 is 55.7 Å². The first-order chi connectivity index (χ1) is 16.8.